The first-order chi connectivity index (χ1) is 2.41. The number of hydrogen-bond donors (Lipinski definition) is 4. The zero-order chi connectivity index (χ0) is 4.12. The predicted octanol–water partition coefficient (Wildman–Crippen LogP) is -0.881. The molecule has 0 aliphatic heterocycles. The Bertz CT molecular complexity index is 17.0. The number of nitrogens with one attached hydrogen (secondary N) is 1. The summed E-state index contributed by atoms with van der Waals surface area (Å²) in [5.41, 5.74) is 1.77. The van der Waals surface area contributed by atoms with Crippen molar-refractivity contribution in [3.05, 3.63) is 0 Å². The van der Waals surface area contributed by atoms with E-state index in [0.29, 0.717) is 0 Å². The molecule has 0 fully saturated rings. The van der Waals surface area contributed by atoms with Gasteiger partial charge in [0, 0.05) is 6.54 Å². The molecule has 0 saturated heterocycles. The standard InChI is InChI=1S/C2H7NO2.H3N/c4-2-1-3-5;/h3-5H,1-2H2;1H3. The number of hydrogen-bond acceptors (Lipinski definition) is 4. The fraction of sp³-hybridized carbons (Fsp3) is 1.00. The topological polar surface area (TPSA) is 87.5 Å². The molecule has 0 aromatic carbocycles. The van der Waals surface area contributed by atoms with Gasteiger partial charge in [0.15, 0.2) is 0 Å². The van der Waals surface area contributed by atoms with Crippen LogP contribution in [0.1, 0.15) is 0 Å². The third kappa shape index (κ3) is 9.15. The van der Waals surface area contributed by atoms with Crippen LogP contribution in [0.4, 0.5) is 0 Å². The molecule has 0 spiro atoms. The van der Waals surface area contributed by atoms with E-state index in [0.717, 1.165) is 0 Å². The summed E-state index contributed by atoms with van der Waals surface area (Å²) in [5.74, 6) is 0. The van der Waals surface area contributed by atoms with Crippen LogP contribution in [0.2, 0.25) is 0 Å². The predicted molar refractivity (Wildman–Crippen MR) is 21.9 cm³/mol. The lowest BCUT2D eigenvalue weighted by Gasteiger charge is -1.83. The van der Waals surface area contributed by atoms with Gasteiger partial charge in [-0.25, -0.2) is 5.48 Å². The third-order valence-electron chi connectivity index (χ3n) is 0.224. The molecule has 0 aliphatic carbocycles. The summed E-state index contributed by atoms with van der Waals surface area (Å²) in [6.07, 6.45) is 0. The van der Waals surface area contributed by atoms with Crippen molar-refractivity contribution in [3.8, 4) is 0 Å². The van der Waals surface area contributed by atoms with Gasteiger partial charge < -0.3 is 16.5 Å². The van der Waals surface area contributed by atoms with Gasteiger partial charge in [-0.2, -0.15) is 0 Å². The van der Waals surface area contributed by atoms with Gasteiger partial charge in [-0.3, -0.25) is 0 Å². The molecular formula is C2H10N2O2. The van der Waals surface area contributed by atoms with E-state index in [2.05, 4.69) is 0 Å². The Morgan fingerprint density at radius 1 is 1.50 bits per heavy atom. The maximum absolute atomic E-state index is 7.84. The fourth-order valence-electron chi connectivity index (χ4n) is 0.0500. The van der Waals surface area contributed by atoms with E-state index in [-0.39, 0.29) is 19.3 Å². The summed E-state index contributed by atoms with van der Waals surface area (Å²) in [6.45, 7) is 0.233. The van der Waals surface area contributed by atoms with E-state index < -0.39 is 0 Å². The SMILES string of the molecule is N.OCCNO. The number of rotatable bonds is 2. The molecule has 0 aliphatic rings. The molecule has 6 heavy (non-hydrogen) atoms. The van der Waals surface area contributed by atoms with Crippen LogP contribution in [0.25, 0.3) is 0 Å². The van der Waals surface area contributed by atoms with Crippen molar-refractivity contribution < 1.29 is 10.3 Å². The van der Waals surface area contributed by atoms with Gasteiger partial charge >= 0.3 is 0 Å². The van der Waals surface area contributed by atoms with Crippen LogP contribution >= 0.6 is 0 Å². The lowest BCUT2D eigenvalue weighted by Crippen LogP contribution is -2.11. The summed E-state index contributed by atoms with van der Waals surface area (Å²) in [5, 5.41) is 15.5. The summed E-state index contributed by atoms with van der Waals surface area (Å²) in [6, 6.07) is 0. The van der Waals surface area contributed by atoms with Crippen molar-refractivity contribution >= 4 is 0 Å². The number of aliphatic hydroxyl groups excluding tert-OH is 1. The minimum absolute atomic E-state index is 0. The highest BCUT2D eigenvalue weighted by atomic mass is 16.5. The van der Waals surface area contributed by atoms with Crippen molar-refractivity contribution in [1.82, 2.24) is 11.6 Å². The van der Waals surface area contributed by atoms with E-state index in [1.165, 1.54) is 0 Å². The second kappa shape index (κ2) is 8.85. The van der Waals surface area contributed by atoms with Crippen molar-refractivity contribution in [2.75, 3.05) is 13.2 Å². The largest absolute Gasteiger partial charge is 0.395 e. The fourth-order valence-corrected chi connectivity index (χ4v) is 0.0500. The first kappa shape index (κ1) is 9.28. The second-order valence-corrected chi connectivity index (χ2v) is 0.632. The van der Waals surface area contributed by atoms with Crippen LogP contribution in [-0.2, 0) is 0 Å². The Morgan fingerprint density at radius 2 is 2.00 bits per heavy atom. The Kier molecular flexibility index (Phi) is 13.7. The lowest BCUT2D eigenvalue weighted by atomic mass is 10.8. The second-order valence-electron chi connectivity index (χ2n) is 0.632. The molecule has 0 heterocycles. The normalized spacial score (nSPS) is 7.00. The van der Waals surface area contributed by atoms with Gasteiger partial charge in [0.1, 0.15) is 0 Å². The zero-order valence-electron chi connectivity index (χ0n) is 3.52. The van der Waals surface area contributed by atoms with Gasteiger partial charge in [0.05, 0.1) is 6.61 Å². The molecule has 0 atom stereocenters. The first-order valence-corrected chi connectivity index (χ1v) is 1.39. The average molecular weight is 94.1 g/mol. The molecule has 4 nitrogen and oxygen atoms in total. The van der Waals surface area contributed by atoms with Crippen molar-refractivity contribution in [3.63, 3.8) is 0 Å². The van der Waals surface area contributed by atoms with Crippen LogP contribution in [0.5, 0.6) is 0 Å². The van der Waals surface area contributed by atoms with Crippen molar-refractivity contribution in [1.29, 1.82) is 0 Å². The monoisotopic (exact) mass is 94.1 g/mol. The third-order valence-corrected chi connectivity index (χ3v) is 0.224. The lowest BCUT2D eigenvalue weighted by molar-refractivity contribution is 0.140. The van der Waals surface area contributed by atoms with E-state index >= 15 is 0 Å². The molecule has 0 radical (unpaired) electrons. The number of hydroxylamine groups is 1. The Morgan fingerprint density at radius 3 is 2.00 bits per heavy atom. The molecule has 0 aromatic heterocycles. The van der Waals surface area contributed by atoms with Crippen molar-refractivity contribution in [2.45, 2.75) is 0 Å². The van der Waals surface area contributed by atoms with Crippen LogP contribution in [-0.4, -0.2) is 23.5 Å². The molecule has 6 N–H and O–H groups in total. The first-order valence-electron chi connectivity index (χ1n) is 1.39. The maximum atomic E-state index is 7.84. The van der Waals surface area contributed by atoms with Crippen LogP contribution in [0.3, 0.4) is 0 Å². The highest BCUT2D eigenvalue weighted by Crippen LogP contribution is 1.42. The van der Waals surface area contributed by atoms with Crippen LogP contribution < -0.4 is 11.6 Å². The smallest absolute Gasteiger partial charge is 0.0579 e. The van der Waals surface area contributed by atoms with Gasteiger partial charge in [-0.05, 0) is 0 Å². The maximum Gasteiger partial charge on any atom is 0.0579 e. The molecule has 0 saturated carbocycles. The molecule has 0 rings (SSSR count). The summed E-state index contributed by atoms with van der Waals surface area (Å²) < 4.78 is 0. The summed E-state index contributed by atoms with van der Waals surface area (Å²) in [7, 11) is 0. The van der Waals surface area contributed by atoms with Gasteiger partial charge in [-0.15, -0.1) is 0 Å². The minimum atomic E-state index is -0.0174. The molecule has 4 heteroatoms. The molecule has 0 amide bonds. The Hall–Kier alpha value is -0.160. The number of aliphatic hydroxyl groups is 1. The Balaban J connectivity index is 0. The highest BCUT2D eigenvalue weighted by molar-refractivity contribution is 4.20. The summed E-state index contributed by atoms with van der Waals surface area (Å²) >= 11 is 0. The van der Waals surface area contributed by atoms with Crippen LogP contribution in [0.15, 0.2) is 0 Å². The quantitative estimate of drug-likeness (QED) is 0.334. The van der Waals surface area contributed by atoms with Gasteiger partial charge in [-0.1, -0.05) is 0 Å². The van der Waals surface area contributed by atoms with Gasteiger partial charge in [0.2, 0.25) is 0 Å². The highest BCUT2D eigenvalue weighted by Gasteiger charge is 1.67. The minimum Gasteiger partial charge on any atom is -0.395 e. The Labute approximate surface area is 36.3 Å². The zero-order valence-corrected chi connectivity index (χ0v) is 3.52. The molecule has 0 bridgehead atoms. The molecular weight excluding hydrogens is 84.0 g/mol. The molecule has 40 valence electrons. The molecule has 0 aromatic rings. The van der Waals surface area contributed by atoms with Crippen molar-refractivity contribution in [2.24, 2.45) is 0 Å². The van der Waals surface area contributed by atoms with Gasteiger partial charge in [0.25, 0.3) is 0 Å². The van der Waals surface area contributed by atoms with E-state index in [9.17, 15) is 0 Å². The summed E-state index contributed by atoms with van der Waals surface area (Å²) in [4.78, 5) is 0. The average Bonchev–Trinajstić information content (AvgIpc) is 1.41. The van der Waals surface area contributed by atoms with E-state index in [4.69, 9.17) is 10.3 Å². The van der Waals surface area contributed by atoms with Crippen LogP contribution in [0, 0.1) is 0 Å². The van der Waals surface area contributed by atoms with E-state index in [1.807, 2.05) is 0 Å². The van der Waals surface area contributed by atoms with E-state index in [1.54, 1.807) is 5.48 Å². The molecule has 0 unspecified atom stereocenters.